The van der Waals surface area contributed by atoms with Crippen LogP contribution in [0.25, 0.3) is 0 Å². The van der Waals surface area contributed by atoms with Crippen molar-refractivity contribution in [3.05, 3.63) is 17.6 Å². The third-order valence-electron chi connectivity index (χ3n) is 1.17. The molecule has 0 unspecified atom stereocenters. The van der Waals surface area contributed by atoms with Crippen LogP contribution in [0.15, 0.2) is 6.20 Å². The van der Waals surface area contributed by atoms with Gasteiger partial charge in [-0.25, -0.2) is 9.97 Å². The van der Waals surface area contributed by atoms with Crippen LogP contribution in [-0.4, -0.2) is 9.97 Å². The molecule has 0 amide bonds. The van der Waals surface area contributed by atoms with Crippen molar-refractivity contribution >= 4 is 5.82 Å². The summed E-state index contributed by atoms with van der Waals surface area (Å²) in [5.74, 6) is 0.629. The van der Waals surface area contributed by atoms with Crippen molar-refractivity contribution in [3.63, 3.8) is 0 Å². The summed E-state index contributed by atoms with van der Waals surface area (Å²) in [5.41, 5.74) is 10.9. The molecule has 0 bridgehead atoms. The SMILES string of the molecule is N#Cc1cnc(CN)nc1N. The molecule has 0 saturated carbocycles. The molecule has 0 aliphatic rings. The summed E-state index contributed by atoms with van der Waals surface area (Å²) < 4.78 is 0. The number of nitrogen functional groups attached to an aromatic ring is 1. The zero-order valence-electron chi connectivity index (χ0n) is 5.78. The van der Waals surface area contributed by atoms with Gasteiger partial charge in [-0.3, -0.25) is 0 Å². The average Bonchev–Trinajstić information content (AvgIpc) is 2.04. The molecule has 0 radical (unpaired) electrons. The van der Waals surface area contributed by atoms with E-state index >= 15 is 0 Å². The quantitative estimate of drug-likeness (QED) is 0.554. The van der Waals surface area contributed by atoms with Crippen molar-refractivity contribution in [3.8, 4) is 6.07 Å². The Labute approximate surface area is 63.7 Å². The summed E-state index contributed by atoms with van der Waals surface area (Å²) in [6.07, 6.45) is 1.37. The van der Waals surface area contributed by atoms with Gasteiger partial charge in [-0.1, -0.05) is 0 Å². The molecule has 1 rings (SSSR count). The van der Waals surface area contributed by atoms with Gasteiger partial charge in [0.15, 0.2) is 0 Å². The van der Waals surface area contributed by atoms with E-state index in [0.717, 1.165) is 0 Å². The zero-order chi connectivity index (χ0) is 8.27. The monoisotopic (exact) mass is 149 g/mol. The molecule has 0 spiro atoms. The van der Waals surface area contributed by atoms with Gasteiger partial charge < -0.3 is 11.5 Å². The second kappa shape index (κ2) is 2.94. The first-order valence-electron chi connectivity index (χ1n) is 2.99. The van der Waals surface area contributed by atoms with E-state index in [9.17, 15) is 0 Å². The molecule has 5 nitrogen and oxygen atoms in total. The number of nitrogens with two attached hydrogens (primary N) is 2. The Hall–Kier alpha value is -1.67. The first-order valence-corrected chi connectivity index (χ1v) is 2.99. The predicted molar refractivity (Wildman–Crippen MR) is 39.1 cm³/mol. The van der Waals surface area contributed by atoms with Crippen LogP contribution < -0.4 is 11.5 Å². The number of hydrogen-bond donors (Lipinski definition) is 2. The third kappa shape index (κ3) is 1.42. The molecule has 5 heteroatoms. The molecule has 1 aromatic rings. The van der Waals surface area contributed by atoms with Crippen LogP contribution >= 0.6 is 0 Å². The van der Waals surface area contributed by atoms with E-state index in [-0.39, 0.29) is 17.9 Å². The van der Waals surface area contributed by atoms with Crippen molar-refractivity contribution in [2.24, 2.45) is 5.73 Å². The van der Waals surface area contributed by atoms with Crippen LogP contribution in [0.5, 0.6) is 0 Å². The largest absolute Gasteiger partial charge is 0.382 e. The van der Waals surface area contributed by atoms with Gasteiger partial charge in [0.05, 0.1) is 12.7 Å². The van der Waals surface area contributed by atoms with Crippen molar-refractivity contribution in [2.75, 3.05) is 5.73 Å². The maximum absolute atomic E-state index is 8.44. The van der Waals surface area contributed by atoms with Gasteiger partial charge in [0.1, 0.15) is 23.3 Å². The number of aromatic nitrogens is 2. The maximum atomic E-state index is 8.44. The van der Waals surface area contributed by atoms with Gasteiger partial charge in [0.25, 0.3) is 0 Å². The molecule has 0 aromatic carbocycles. The van der Waals surface area contributed by atoms with Crippen molar-refractivity contribution in [1.29, 1.82) is 5.26 Å². The average molecular weight is 149 g/mol. The summed E-state index contributed by atoms with van der Waals surface area (Å²) >= 11 is 0. The van der Waals surface area contributed by atoms with Gasteiger partial charge in [-0.15, -0.1) is 0 Å². The first-order chi connectivity index (χ1) is 5.27. The van der Waals surface area contributed by atoms with Crippen LogP contribution in [0, 0.1) is 11.3 Å². The van der Waals surface area contributed by atoms with E-state index in [1.807, 2.05) is 6.07 Å². The first kappa shape index (κ1) is 7.44. The van der Waals surface area contributed by atoms with Gasteiger partial charge in [0.2, 0.25) is 0 Å². The van der Waals surface area contributed by atoms with E-state index < -0.39 is 0 Å². The van der Waals surface area contributed by atoms with Crippen LogP contribution in [-0.2, 0) is 6.54 Å². The lowest BCUT2D eigenvalue weighted by atomic mass is 10.3. The smallest absolute Gasteiger partial charge is 0.145 e. The molecular weight excluding hydrogens is 142 g/mol. The Kier molecular flexibility index (Phi) is 1.99. The Morgan fingerprint density at radius 2 is 2.36 bits per heavy atom. The molecule has 56 valence electrons. The lowest BCUT2D eigenvalue weighted by molar-refractivity contribution is 0.911. The fourth-order valence-corrected chi connectivity index (χ4v) is 0.618. The maximum Gasteiger partial charge on any atom is 0.145 e. The highest BCUT2D eigenvalue weighted by Gasteiger charge is 2.00. The van der Waals surface area contributed by atoms with E-state index in [2.05, 4.69) is 9.97 Å². The minimum absolute atomic E-state index is 0.183. The topological polar surface area (TPSA) is 102 Å². The number of hydrogen-bond acceptors (Lipinski definition) is 5. The highest BCUT2D eigenvalue weighted by Crippen LogP contribution is 2.04. The fourth-order valence-electron chi connectivity index (χ4n) is 0.618. The molecule has 4 N–H and O–H groups in total. The predicted octanol–water partition coefficient (Wildman–Crippen LogP) is -0.611. The Bertz CT molecular complexity index is 300. The van der Waals surface area contributed by atoms with Gasteiger partial charge >= 0.3 is 0 Å². The molecule has 0 fully saturated rings. The molecular formula is C6H7N5. The Morgan fingerprint density at radius 3 is 2.82 bits per heavy atom. The van der Waals surface area contributed by atoms with Crippen molar-refractivity contribution in [1.82, 2.24) is 9.97 Å². The molecule has 11 heavy (non-hydrogen) atoms. The standard InChI is InChI=1S/C6H7N5/c7-1-4-3-10-5(2-8)11-6(4)9/h3H,2,8H2,(H2,9,10,11). The second-order valence-electron chi connectivity index (χ2n) is 1.90. The lowest BCUT2D eigenvalue weighted by Crippen LogP contribution is -2.06. The van der Waals surface area contributed by atoms with Gasteiger partial charge in [0, 0.05) is 0 Å². The van der Waals surface area contributed by atoms with Crippen LogP contribution in [0.2, 0.25) is 0 Å². The van der Waals surface area contributed by atoms with Crippen LogP contribution in [0.4, 0.5) is 5.82 Å². The minimum Gasteiger partial charge on any atom is -0.382 e. The van der Waals surface area contributed by atoms with E-state index in [1.54, 1.807) is 0 Å². The minimum atomic E-state index is 0.183. The second-order valence-corrected chi connectivity index (χ2v) is 1.90. The molecule has 0 saturated heterocycles. The summed E-state index contributed by atoms with van der Waals surface area (Å²) in [4.78, 5) is 7.57. The van der Waals surface area contributed by atoms with Crippen molar-refractivity contribution in [2.45, 2.75) is 6.54 Å². The highest BCUT2D eigenvalue weighted by molar-refractivity contribution is 5.46. The fraction of sp³-hybridized carbons (Fsp3) is 0.167. The lowest BCUT2D eigenvalue weighted by Gasteiger charge is -1.97. The van der Waals surface area contributed by atoms with Gasteiger partial charge in [-0.2, -0.15) is 5.26 Å². The molecule has 0 atom stereocenters. The molecule has 0 aliphatic heterocycles. The zero-order valence-corrected chi connectivity index (χ0v) is 5.78. The van der Waals surface area contributed by atoms with Crippen LogP contribution in [0.1, 0.15) is 11.4 Å². The Morgan fingerprint density at radius 1 is 1.64 bits per heavy atom. The highest BCUT2D eigenvalue weighted by atomic mass is 15.0. The van der Waals surface area contributed by atoms with Crippen molar-refractivity contribution < 1.29 is 0 Å². The molecule has 1 heterocycles. The summed E-state index contributed by atoms with van der Waals surface area (Å²) in [5, 5.41) is 8.44. The van der Waals surface area contributed by atoms with Gasteiger partial charge in [-0.05, 0) is 0 Å². The number of nitriles is 1. The van der Waals surface area contributed by atoms with E-state index in [4.69, 9.17) is 16.7 Å². The molecule has 1 aromatic heterocycles. The number of anilines is 1. The Balaban J connectivity index is 3.12. The number of nitrogens with zero attached hydrogens (tertiary/aromatic N) is 3. The number of rotatable bonds is 1. The van der Waals surface area contributed by atoms with Crippen LogP contribution in [0.3, 0.4) is 0 Å². The third-order valence-corrected chi connectivity index (χ3v) is 1.17. The molecule has 0 aliphatic carbocycles. The normalized spacial score (nSPS) is 9.09. The van der Waals surface area contributed by atoms with E-state index in [1.165, 1.54) is 6.20 Å². The summed E-state index contributed by atoms with van der Waals surface area (Å²) in [6.45, 7) is 0.232. The summed E-state index contributed by atoms with van der Waals surface area (Å²) in [7, 11) is 0. The van der Waals surface area contributed by atoms with E-state index in [0.29, 0.717) is 5.82 Å². The summed E-state index contributed by atoms with van der Waals surface area (Å²) in [6, 6.07) is 1.86.